The Morgan fingerprint density at radius 1 is 1.10 bits per heavy atom. The van der Waals surface area contributed by atoms with Crippen LogP contribution in [0.3, 0.4) is 0 Å². The van der Waals surface area contributed by atoms with Crippen LogP contribution in [0.25, 0.3) is 16.2 Å². The van der Waals surface area contributed by atoms with E-state index in [0.717, 1.165) is 12.1 Å². The van der Waals surface area contributed by atoms with Crippen molar-refractivity contribution >= 4 is 32.0 Å². The van der Waals surface area contributed by atoms with Crippen molar-refractivity contribution in [3.8, 4) is 11.3 Å². The number of nitrogens with zero attached hydrogens (tertiary/aromatic N) is 2. The fourth-order valence-electron chi connectivity index (χ4n) is 2.98. The fraction of sp³-hybridized carbons (Fsp3) is 0.100. The summed E-state index contributed by atoms with van der Waals surface area (Å²) >= 11 is 1.29. The molecule has 6 nitrogen and oxygen atoms in total. The van der Waals surface area contributed by atoms with Crippen molar-refractivity contribution in [3.63, 3.8) is 0 Å². The van der Waals surface area contributed by atoms with Gasteiger partial charge in [0.15, 0.2) is 4.96 Å². The number of hydrogen-bond donors (Lipinski definition) is 1. The average Bonchev–Trinajstić information content (AvgIpc) is 3.09. The molecule has 0 radical (unpaired) electrons. The number of thiazole rings is 1. The Kier molecular flexibility index (Phi) is 4.91. The summed E-state index contributed by atoms with van der Waals surface area (Å²) in [6.45, 7) is 3.46. The minimum atomic E-state index is -4.28. The lowest BCUT2D eigenvalue weighted by Gasteiger charge is -2.10. The van der Waals surface area contributed by atoms with Crippen LogP contribution in [-0.4, -0.2) is 17.8 Å². The molecular formula is C20H15F2N3O3S2. The topological polar surface area (TPSA) is 80.5 Å². The van der Waals surface area contributed by atoms with E-state index in [9.17, 15) is 22.0 Å². The lowest BCUT2D eigenvalue weighted by Crippen LogP contribution is -2.18. The van der Waals surface area contributed by atoms with Gasteiger partial charge in [0.05, 0.1) is 5.69 Å². The predicted molar refractivity (Wildman–Crippen MR) is 111 cm³/mol. The number of benzene rings is 2. The minimum absolute atomic E-state index is 0.167. The first-order valence-corrected chi connectivity index (χ1v) is 11.1. The maximum absolute atomic E-state index is 13.9. The molecule has 2 aromatic heterocycles. The number of anilines is 1. The highest BCUT2D eigenvalue weighted by Crippen LogP contribution is 2.28. The number of fused-ring (bicyclic) bond motifs is 1. The molecule has 4 aromatic rings. The number of rotatable bonds is 4. The molecule has 30 heavy (non-hydrogen) atoms. The van der Waals surface area contributed by atoms with Gasteiger partial charge >= 0.3 is 0 Å². The zero-order chi connectivity index (χ0) is 21.6. The van der Waals surface area contributed by atoms with Crippen LogP contribution in [-0.2, 0) is 10.0 Å². The molecule has 2 heterocycles. The summed E-state index contributed by atoms with van der Waals surface area (Å²) in [5, 5.41) is 1.76. The normalized spacial score (nSPS) is 11.7. The summed E-state index contributed by atoms with van der Waals surface area (Å²) in [5.74, 6) is -2.06. The summed E-state index contributed by atoms with van der Waals surface area (Å²) in [6, 6.07) is 8.59. The van der Waals surface area contributed by atoms with Gasteiger partial charge in [-0.1, -0.05) is 12.1 Å². The van der Waals surface area contributed by atoms with Gasteiger partial charge in [0.2, 0.25) is 0 Å². The van der Waals surface area contributed by atoms with Gasteiger partial charge in [-0.2, -0.15) is 0 Å². The maximum atomic E-state index is 13.9. The van der Waals surface area contributed by atoms with E-state index in [0.29, 0.717) is 33.5 Å². The van der Waals surface area contributed by atoms with E-state index in [-0.39, 0.29) is 11.2 Å². The standard InChI is InChI=1S/C20H15F2N3O3S2/c1-11-12(2)23-20-25(19(11)26)17(10-29-20)13-4-3-5-15(8-13)24-30(27,28)18-7-6-14(21)9-16(18)22/h3-10,24H,1-2H3. The molecule has 0 amide bonds. The first-order valence-electron chi connectivity index (χ1n) is 8.73. The van der Waals surface area contributed by atoms with Gasteiger partial charge in [0, 0.05) is 34.0 Å². The maximum Gasteiger partial charge on any atom is 0.264 e. The van der Waals surface area contributed by atoms with Crippen molar-refractivity contribution < 1.29 is 17.2 Å². The van der Waals surface area contributed by atoms with E-state index in [2.05, 4.69) is 9.71 Å². The fourth-order valence-corrected chi connectivity index (χ4v) is 5.03. The first kappa shape index (κ1) is 20.2. The number of halogens is 2. The largest absolute Gasteiger partial charge is 0.280 e. The highest BCUT2D eigenvalue weighted by Gasteiger charge is 2.20. The van der Waals surface area contributed by atoms with Crippen LogP contribution < -0.4 is 10.3 Å². The monoisotopic (exact) mass is 447 g/mol. The van der Waals surface area contributed by atoms with Gasteiger partial charge in [0.1, 0.15) is 16.5 Å². The Hall–Kier alpha value is -3.11. The molecule has 0 aliphatic carbocycles. The molecule has 154 valence electrons. The SMILES string of the molecule is Cc1nc2scc(-c3cccc(NS(=O)(=O)c4ccc(F)cc4F)c3)n2c(=O)c1C. The van der Waals surface area contributed by atoms with E-state index in [4.69, 9.17) is 0 Å². The summed E-state index contributed by atoms with van der Waals surface area (Å²) in [7, 11) is -4.28. The molecular weight excluding hydrogens is 432 g/mol. The Labute approximate surface area is 174 Å². The van der Waals surface area contributed by atoms with Gasteiger partial charge in [-0.25, -0.2) is 22.2 Å². The summed E-state index contributed by atoms with van der Waals surface area (Å²) in [6.07, 6.45) is 0. The third kappa shape index (κ3) is 3.48. The smallest absolute Gasteiger partial charge is 0.264 e. The van der Waals surface area contributed by atoms with Crippen LogP contribution in [0.4, 0.5) is 14.5 Å². The van der Waals surface area contributed by atoms with Gasteiger partial charge in [-0.3, -0.25) is 13.9 Å². The number of sulfonamides is 1. The van der Waals surface area contributed by atoms with Crippen LogP contribution in [0.15, 0.2) is 57.5 Å². The molecule has 0 aliphatic rings. The second-order valence-corrected chi connectivity index (χ2v) is 9.11. The Balaban J connectivity index is 1.76. The number of hydrogen-bond acceptors (Lipinski definition) is 5. The second kappa shape index (κ2) is 7.29. The third-order valence-corrected chi connectivity index (χ3v) is 6.87. The molecule has 0 unspecified atom stereocenters. The van der Waals surface area contributed by atoms with Crippen molar-refractivity contribution in [2.45, 2.75) is 18.7 Å². The molecule has 0 aliphatic heterocycles. The molecule has 0 atom stereocenters. The van der Waals surface area contributed by atoms with Gasteiger partial charge in [-0.15, -0.1) is 11.3 Å². The van der Waals surface area contributed by atoms with E-state index in [1.165, 1.54) is 27.9 Å². The summed E-state index contributed by atoms with van der Waals surface area (Å²) < 4.78 is 55.9. The third-order valence-electron chi connectivity index (χ3n) is 4.63. The van der Waals surface area contributed by atoms with Crippen molar-refractivity contribution in [2.75, 3.05) is 4.72 Å². The van der Waals surface area contributed by atoms with Crippen LogP contribution in [0, 0.1) is 25.5 Å². The average molecular weight is 447 g/mol. The molecule has 0 fully saturated rings. The Bertz CT molecular complexity index is 1460. The molecule has 0 bridgehead atoms. The van der Waals surface area contributed by atoms with Crippen LogP contribution in [0.5, 0.6) is 0 Å². The molecule has 1 N–H and O–H groups in total. The lowest BCUT2D eigenvalue weighted by atomic mass is 10.1. The van der Waals surface area contributed by atoms with Crippen molar-refractivity contribution in [1.82, 2.24) is 9.38 Å². The number of aryl methyl sites for hydroxylation is 1. The van der Waals surface area contributed by atoms with Gasteiger partial charge in [0.25, 0.3) is 15.6 Å². The minimum Gasteiger partial charge on any atom is -0.280 e. The van der Waals surface area contributed by atoms with E-state index < -0.39 is 26.6 Å². The van der Waals surface area contributed by atoms with Crippen LogP contribution in [0.2, 0.25) is 0 Å². The predicted octanol–water partition coefficient (Wildman–Crippen LogP) is 4.12. The number of nitrogens with one attached hydrogen (secondary N) is 1. The zero-order valence-electron chi connectivity index (χ0n) is 15.8. The van der Waals surface area contributed by atoms with E-state index in [1.54, 1.807) is 31.4 Å². The van der Waals surface area contributed by atoms with Crippen molar-refractivity contribution in [1.29, 1.82) is 0 Å². The molecule has 0 spiro atoms. The zero-order valence-corrected chi connectivity index (χ0v) is 17.4. The van der Waals surface area contributed by atoms with Crippen LogP contribution >= 0.6 is 11.3 Å². The summed E-state index contributed by atoms with van der Waals surface area (Å²) in [5.41, 5.74) is 2.28. The van der Waals surface area contributed by atoms with E-state index in [1.807, 2.05) is 0 Å². The molecule has 2 aromatic carbocycles. The van der Waals surface area contributed by atoms with Gasteiger partial charge in [-0.05, 0) is 38.1 Å². The second-order valence-electron chi connectivity index (χ2n) is 6.63. The Morgan fingerprint density at radius 2 is 1.87 bits per heavy atom. The summed E-state index contributed by atoms with van der Waals surface area (Å²) in [4.78, 5) is 17.0. The van der Waals surface area contributed by atoms with Gasteiger partial charge < -0.3 is 0 Å². The number of aromatic nitrogens is 2. The van der Waals surface area contributed by atoms with Crippen molar-refractivity contribution in [3.05, 3.63) is 81.1 Å². The molecule has 4 rings (SSSR count). The van der Waals surface area contributed by atoms with Crippen molar-refractivity contribution in [2.24, 2.45) is 0 Å². The van der Waals surface area contributed by atoms with Crippen LogP contribution in [0.1, 0.15) is 11.3 Å². The highest BCUT2D eigenvalue weighted by molar-refractivity contribution is 7.92. The quantitative estimate of drug-likeness (QED) is 0.510. The first-order chi connectivity index (χ1) is 14.2. The highest BCUT2D eigenvalue weighted by atomic mass is 32.2. The molecule has 0 saturated heterocycles. The molecule has 10 heteroatoms. The lowest BCUT2D eigenvalue weighted by molar-refractivity contribution is 0.551. The molecule has 0 saturated carbocycles. The van der Waals surface area contributed by atoms with E-state index >= 15 is 0 Å². The Morgan fingerprint density at radius 3 is 2.60 bits per heavy atom.